The van der Waals surface area contributed by atoms with Crippen molar-refractivity contribution in [1.29, 1.82) is 0 Å². The third kappa shape index (κ3) is 2.96. The molecule has 8 heteroatoms. The summed E-state index contributed by atoms with van der Waals surface area (Å²) in [5.74, 6) is 0.00928. The van der Waals surface area contributed by atoms with Crippen LogP contribution in [0.2, 0.25) is 0 Å². The number of aromatic nitrogens is 2. The summed E-state index contributed by atoms with van der Waals surface area (Å²) in [6.45, 7) is 0. The zero-order chi connectivity index (χ0) is 13.2. The van der Waals surface area contributed by atoms with E-state index < -0.39 is 10.0 Å². The lowest BCUT2D eigenvalue weighted by Crippen LogP contribution is -2.14. The summed E-state index contributed by atoms with van der Waals surface area (Å²) in [4.78, 5) is 7.77. The summed E-state index contributed by atoms with van der Waals surface area (Å²) in [5, 5.41) is 0. The van der Waals surface area contributed by atoms with Gasteiger partial charge in [-0.05, 0) is 40.2 Å². The highest BCUT2D eigenvalue weighted by atomic mass is 79.9. The average Bonchev–Trinajstić information content (AvgIpc) is 2.32. The molecule has 0 aliphatic rings. The van der Waals surface area contributed by atoms with Crippen LogP contribution in [0, 0.1) is 0 Å². The fourth-order valence-electron chi connectivity index (χ4n) is 1.19. The van der Waals surface area contributed by atoms with Crippen molar-refractivity contribution in [1.82, 2.24) is 9.97 Å². The van der Waals surface area contributed by atoms with E-state index in [1.165, 1.54) is 36.7 Å². The zero-order valence-corrected chi connectivity index (χ0v) is 11.4. The number of hydrogen-bond acceptors (Lipinski definition) is 5. The van der Waals surface area contributed by atoms with Crippen molar-refractivity contribution >= 4 is 37.6 Å². The van der Waals surface area contributed by atoms with Crippen LogP contribution in [0.15, 0.2) is 46.0 Å². The number of nitrogens with two attached hydrogens (primary N) is 1. The highest BCUT2D eigenvalue weighted by Gasteiger charge is 2.15. The minimum Gasteiger partial charge on any atom is -0.399 e. The van der Waals surface area contributed by atoms with Crippen molar-refractivity contribution in [2.45, 2.75) is 4.90 Å². The van der Waals surface area contributed by atoms with Crippen LogP contribution in [0.4, 0.5) is 11.6 Å². The second-order valence-electron chi connectivity index (χ2n) is 3.40. The molecule has 18 heavy (non-hydrogen) atoms. The van der Waals surface area contributed by atoms with Crippen molar-refractivity contribution in [2.75, 3.05) is 10.5 Å². The molecule has 6 nitrogen and oxygen atoms in total. The van der Waals surface area contributed by atoms with Crippen LogP contribution in [0.1, 0.15) is 0 Å². The quantitative estimate of drug-likeness (QED) is 0.834. The summed E-state index contributed by atoms with van der Waals surface area (Å²) >= 11 is 3.16. The molecule has 0 bridgehead atoms. The summed E-state index contributed by atoms with van der Waals surface area (Å²) in [6.07, 6.45) is 2.90. The molecule has 3 N–H and O–H groups in total. The van der Waals surface area contributed by atoms with Gasteiger partial charge >= 0.3 is 0 Å². The minimum atomic E-state index is -3.69. The monoisotopic (exact) mass is 328 g/mol. The highest BCUT2D eigenvalue weighted by molar-refractivity contribution is 9.10. The Hall–Kier alpha value is -1.67. The van der Waals surface area contributed by atoms with Gasteiger partial charge < -0.3 is 5.73 Å². The number of nitrogens with zero attached hydrogens (tertiary/aromatic N) is 2. The molecule has 0 aliphatic heterocycles. The first-order valence-electron chi connectivity index (χ1n) is 4.83. The first-order valence-corrected chi connectivity index (χ1v) is 7.11. The van der Waals surface area contributed by atoms with Crippen molar-refractivity contribution < 1.29 is 8.42 Å². The van der Waals surface area contributed by atoms with Crippen LogP contribution >= 0.6 is 15.9 Å². The molecule has 0 radical (unpaired) electrons. The van der Waals surface area contributed by atoms with E-state index in [4.69, 9.17) is 5.73 Å². The number of sulfonamides is 1. The highest BCUT2D eigenvalue weighted by Crippen LogP contribution is 2.15. The van der Waals surface area contributed by atoms with E-state index in [9.17, 15) is 8.42 Å². The van der Waals surface area contributed by atoms with E-state index in [0.717, 1.165) is 0 Å². The normalized spacial score (nSPS) is 11.2. The fourth-order valence-corrected chi connectivity index (χ4v) is 2.35. The van der Waals surface area contributed by atoms with Gasteiger partial charge in [0, 0.05) is 18.1 Å². The van der Waals surface area contributed by atoms with Crippen molar-refractivity contribution in [2.24, 2.45) is 0 Å². The van der Waals surface area contributed by atoms with Gasteiger partial charge in [0.15, 0.2) is 0 Å². The maximum Gasteiger partial charge on any atom is 0.264 e. The van der Waals surface area contributed by atoms with Crippen LogP contribution in [0.3, 0.4) is 0 Å². The Balaban J connectivity index is 2.27. The molecule has 1 heterocycles. The van der Waals surface area contributed by atoms with Crippen molar-refractivity contribution in [3.05, 3.63) is 41.1 Å². The Labute approximate surface area is 112 Å². The third-order valence-corrected chi connectivity index (χ3v) is 3.79. The Morgan fingerprint density at radius 2 is 1.67 bits per heavy atom. The van der Waals surface area contributed by atoms with E-state index in [2.05, 4.69) is 30.6 Å². The Kier molecular flexibility index (Phi) is 3.48. The molecule has 1 aromatic heterocycles. The molecule has 0 amide bonds. The Morgan fingerprint density at radius 1 is 1.11 bits per heavy atom. The topological polar surface area (TPSA) is 98.0 Å². The van der Waals surface area contributed by atoms with Gasteiger partial charge in [-0.25, -0.2) is 23.1 Å². The minimum absolute atomic E-state index is 0.00928. The summed E-state index contributed by atoms with van der Waals surface area (Å²) in [6, 6.07) is 5.85. The summed E-state index contributed by atoms with van der Waals surface area (Å²) in [7, 11) is -3.69. The lowest BCUT2D eigenvalue weighted by Gasteiger charge is -2.06. The van der Waals surface area contributed by atoms with E-state index >= 15 is 0 Å². The summed E-state index contributed by atoms with van der Waals surface area (Å²) in [5.41, 5.74) is 5.99. The lowest BCUT2D eigenvalue weighted by molar-refractivity contribution is 0.601. The third-order valence-electron chi connectivity index (χ3n) is 2.04. The molecule has 1 aromatic carbocycles. The standard InChI is InChI=1S/C10H9BrN4O2S/c11-7-5-13-10(14-6-7)15-18(16,17)9-3-1-8(12)2-4-9/h1-6H,12H2,(H,13,14,15). The Bertz CT molecular complexity index is 641. The molecule has 0 atom stereocenters. The van der Waals surface area contributed by atoms with Gasteiger partial charge in [-0.1, -0.05) is 0 Å². The first kappa shape index (κ1) is 12.8. The molecule has 0 unspecified atom stereocenters. The van der Waals surface area contributed by atoms with E-state index in [1.807, 2.05) is 0 Å². The molecule has 2 rings (SSSR count). The number of hydrogen-bond donors (Lipinski definition) is 2. The number of halogens is 1. The number of nitrogens with one attached hydrogen (secondary N) is 1. The number of rotatable bonds is 3. The van der Waals surface area contributed by atoms with Crippen LogP contribution in [-0.4, -0.2) is 18.4 Å². The smallest absolute Gasteiger partial charge is 0.264 e. The molecule has 0 saturated carbocycles. The maximum atomic E-state index is 12.0. The molecular weight excluding hydrogens is 320 g/mol. The molecule has 0 spiro atoms. The van der Waals surface area contributed by atoms with Gasteiger partial charge in [0.25, 0.3) is 10.0 Å². The van der Waals surface area contributed by atoms with Crippen LogP contribution < -0.4 is 10.5 Å². The van der Waals surface area contributed by atoms with Gasteiger partial charge in [0.05, 0.1) is 9.37 Å². The van der Waals surface area contributed by atoms with Gasteiger partial charge in [-0.3, -0.25) is 0 Å². The molecule has 0 fully saturated rings. The van der Waals surface area contributed by atoms with Crippen molar-refractivity contribution in [3.63, 3.8) is 0 Å². The zero-order valence-electron chi connectivity index (χ0n) is 9.04. The van der Waals surface area contributed by atoms with E-state index in [0.29, 0.717) is 10.2 Å². The molecule has 0 aliphatic carbocycles. The van der Waals surface area contributed by atoms with E-state index in [-0.39, 0.29) is 10.8 Å². The van der Waals surface area contributed by atoms with Crippen LogP contribution in [0.5, 0.6) is 0 Å². The van der Waals surface area contributed by atoms with Crippen molar-refractivity contribution in [3.8, 4) is 0 Å². The number of benzene rings is 1. The number of nitrogen functional groups attached to an aromatic ring is 1. The second-order valence-corrected chi connectivity index (χ2v) is 6.00. The Morgan fingerprint density at radius 3 is 2.22 bits per heavy atom. The molecule has 0 saturated heterocycles. The average molecular weight is 329 g/mol. The van der Waals surface area contributed by atoms with Crippen LogP contribution in [0.25, 0.3) is 0 Å². The lowest BCUT2D eigenvalue weighted by atomic mass is 10.3. The number of anilines is 2. The van der Waals surface area contributed by atoms with E-state index in [1.54, 1.807) is 0 Å². The van der Waals surface area contributed by atoms with Gasteiger partial charge in [-0.2, -0.15) is 0 Å². The largest absolute Gasteiger partial charge is 0.399 e. The summed E-state index contributed by atoms with van der Waals surface area (Å²) < 4.78 is 26.8. The van der Waals surface area contributed by atoms with Gasteiger partial charge in [0.1, 0.15) is 0 Å². The molecule has 2 aromatic rings. The fraction of sp³-hybridized carbons (Fsp3) is 0. The first-order chi connectivity index (χ1) is 8.47. The predicted octanol–water partition coefficient (Wildman–Crippen LogP) is 1.62. The second kappa shape index (κ2) is 4.91. The predicted molar refractivity (Wildman–Crippen MR) is 71.4 cm³/mol. The molecule has 94 valence electrons. The molecular formula is C10H9BrN4O2S. The van der Waals surface area contributed by atoms with Crippen LogP contribution in [-0.2, 0) is 10.0 Å². The van der Waals surface area contributed by atoms with Gasteiger partial charge in [-0.15, -0.1) is 0 Å². The van der Waals surface area contributed by atoms with Gasteiger partial charge in [0.2, 0.25) is 5.95 Å². The maximum absolute atomic E-state index is 12.0. The SMILES string of the molecule is Nc1ccc(S(=O)(=O)Nc2ncc(Br)cn2)cc1.